The van der Waals surface area contributed by atoms with E-state index in [4.69, 9.17) is 4.74 Å². The highest BCUT2D eigenvalue weighted by atomic mass is 32.1. The van der Waals surface area contributed by atoms with E-state index in [0.717, 1.165) is 42.1 Å². The Labute approximate surface area is 194 Å². The first-order chi connectivity index (χ1) is 16.0. The molecule has 4 aromatic rings. The van der Waals surface area contributed by atoms with Crippen molar-refractivity contribution in [2.45, 2.75) is 0 Å². The molecule has 1 fully saturated rings. The molecule has 0 unspecified atom stereocenters. The smallest absolute Gasteiger partial charge is 0.273 e. The van der Waals surface area contributed by atoms with Crippen molar-refractivity contribution < 1.29 is 9.66 Å². The zero-order valence-corrected chi connectivity index (χ0v) is 18.8. The standard InChI is InChI=1S/C23H22N6O3S/c1-27-10-12-28(13-11-27)17-7-5-16(6-8-17)24-23-25-20-9-14-33-21(20)22(26-23)32-19-4-2-3-18(15-19)29(30)31/h2-9,14-15H,10-13H2,1H3,(H,24,25,26). The van der Waals surface area contributed by atoms with Crippen molar-refractivity contribution in [3.05, 3.63) is 70.1 Å². The van der Waals surface area contributed by atoms with Crippen molar-refractivity contribution in [1.82, 2.24) is 14.9 Å². The molecule has 0 radical (unpaired) electrons. The Bertz CT molecular complexity index is 1290. The summed E-state index contributed by atoms with van der Waals surface area (Å²) in [4.78, 5) is 24.5. The number of nitro groups is 1. The first-order valence-corrected chi connectivity index (χ1v) is 11.4. The summed E-state index contributed by atoms with van der Waals surface area (Å²) < 4.78 is 6.71. The molecular formula is C23H22N6O3S. The number of hydrogen-bond acceptors (Lipinski definition) is 9. The van der Waals surface area contributed by atoms with Gasteiger partial charge in [0, 0.05) is 43.6 Å². The third-order valence-electron chi connectivity index (χ3n) is 5.51. The number of likely N-dealkylation sites (N-methyl/N-ethyl adjacent to an activating group) is 1. The number of nitrogens with zero attached hydrogens (tertiary/aromatic N) is 5. The second-order valence-electron chi connectivity index (χ2n) is 7.81. The SMILES string of the molecule is CN1CCN(c2ccc(Nc3nc(Oc4cccc([N+](=O)[O-])c4)c4sccc4n3)cc2)CC1. The van der Waals surface area contributed by atoms with E-state index in [-0.39, 0.29) is 5.69 Å². The molecule has 0 atom stereocenters. The van der Waals surface area contributed by atoms with Gasteiger partial charge in [-0.1, -0.05) is 6.07 Å². The van der Waals surface area contributed by atoms with Crippen LogP contribution in [-0.2, 0) is 0 Å². The van der Waals surface area contributed by atoms with Crippen molar-refractivity contribution in [2.24, 2.45) is 0 Å². The van der Waals surface area contributed by atoms with Gasteiger partial charge in [0.05, 0.1) is 16.5 Å². The molecule has 10 heteroatoms. The molecule has 0 bridgehead atoms. The van der Waals surface area contributed by atoms with Crippen molar-refractivity contribution >= 4 is 44.6 Å². The highest BCUT2D eigenvalue weighted by molar-refractivity contribution is 7.17. The van der Waals surface area contributed by atoms with Crippen LogP contribution in [-0.4, -0.2) is 53.0 Å². The normalized spacial score (nSPS) is 14.4. The van der Waals surface area contributed by atoms with Gasteiger partial charge < -0.3 is 19.9 Å². The van der Waals surface area contributed by atoms with Crippen LogP contribution in [0.4, 0.5) is 23.0 Å². The van der Waals surface area contributed by atoms with E-state index < -0.39 is 4.92 Å². The number of piperazine rings is 1. The molecule has 1 aliphatic heterocycles. The highest BCUT2D eigenvalue weighted by Crippen LogP contribution is 2.34. The fourth-order valence-corrected chi connectivity index (χ4v) is 4.44. The number of rotatable bonds is 6. The average molecular weight is 463 g/mol. The second kappa shape index (κ2) is 9.00. The lowest BCUT2D eigenvalue weighted by Crippen LogP contribution is -2.44. The number of ether oxygens (including phenoxy) is 1. The minimum absolute atomic E-state index is 0.0391. The van der Waals surface area contributed by atoms with Gasteiger partial charge in [-0.15, -0.1) is 11.3 Å². The molecule has 5 rings (SSSR count). The molecule has 2 aromatic heterocycles. The number of aromatic nitrogens is 2. The van der Waals surface area contributed by atoms with E-state index in [1.807, 2.05) is 23.6 Å². The maximum atomic E-state index is 11.1. The van der Waals surface area contributed by atoms with Gasteiger partial charge in [-0.25, -0.2) is 4.98 Å². The third-order valence-corrected chi connectivity index (χ3v) is 6.40. The number of fused-ring (bicyclic) bond motifs is 1. The van der Waals surface area contributed by atoms with Crippen LogP contribution >= 0.6 is 11.3 Å². The van der Waals surface area contributed by atoms with Gasteiger partial charge in [-0.3, -0.25) is 10.1 Å². The van der Waals surface area contributed by atoms with Crippen LogP contribution in [0.3, 0.4) is 0 Å². The van der Waals surface area contributed by atoms with Crippen LogP contribution in [0.25, 0.3) is 10.2 Å². The Hall–Kier alpha value is -3.76. The van der Waals surface area contributed by atoms with E-state index >= 15 is 0 Å². The molecule has 0 saturated carbocycles. The Morgan fingerprint density at radius 1 is 1.06 bits per heavy atom. The molecular weight excluding hydrogens is 440 g/mol. The number of anilines is 3. The monoisotopic (exact) mass is 462 g/mol. The van der Waals surface area contributed by atoms with Gasteiger partial charge in [0.25, 0.3) is 5.69 Å². The van der Waals surface area contributed by atoms with E-state index in [1.165, 1.54) is 29.2 Å². The van der Waals surface area contributed by atoms with E-state index in [9.17, 15) is 10.1 Å². The van der Waals surface area contributed by atoms with E-state index in [1.54, 1.807) is 12.1 Å². The highest BCUT2D eigenvalue weighted by Gasteiger charge is 2.16. The van der Waals surface area contributed by atoms with Crippen LogP contribution in [0.15, 0.2) is 60.0 Å². The summed E-state index contributed by atoms with van der Waals surface area (Å²) >= 11 is 1.46. The summed E-state index contributed by atoms with van der Waals surface area (Å²) in [6, 6.07) is 16.2. The van der Waals surface area contributed by atoms with Crippen molar-refractivity contribution in [3.63, 3.8) is 0 Å². The lowest BCUT2D eigenvalue weighted by Gasteiger charge is -2.34. The predicted molar refractivity (Wildman–Crippen MR) is 130 cm³/mol. The summed E-state index contributed by atoms with van der Waals surface area (Å²) in [5.74, 6) is 1.10. The zero-order valence-electron chi connectivity index (χ0n) is 18.0. The number of non-ortho nitro benzene ring substituents is 1. The number of nitrogens with one attached hydrogen (secondary N) is 1. The molecule has 2 aromatic carbocycles. The summed E-state index contributed by atoms with van der Waals surface area (Å²) in [5.41, 5.74) is 2.76. The maximum absolute atomic E-state index is 11.1. The molecule has 1 aliphatic rings. The summed E-state index contributed by atoms with van der Waals surface area (Å²) in [5, 5.41) is 16.2. The summed E-state index contributed by atoms with van der Waals surface area (Å²) in [7, 11) is 2.14. The first kappa shape index (κ1) is 21.1. The van der Waals surface area contributed by atoms with Crippen LogP contribution in [0.5, 0.6) is 11.6 Å². The largest absolute Gasteiger partial charge is 0.437 e. The van der Waals surface area contributed by atoms with Crippen molar-refractivity contribution in [1.29, 1.82) is 0 Å². The molecule has 9 nitrogen and oxygen atoms in total. The molecule has 1 saturated heterocycles. The van der Waals surface area contributed by atoms with Crippen LogP contribution in [0.2, 0.25) is 0 Å². The van der Waals surface area contributed by atoms with Gasteiger partial charge in [0.2, 0.25) is 11.8 Å². The molecule has 1 N–H and O–H groups in total. The van der Waals surface area contributed by atoms with Gasteiger partial charge in [0.15, 0.2) is 0 Å². The summed E-state index contributed by atoms with van der Waals surface area (Å²) in [6.45, 7) is 4.14. The van der Waals surface area contributed by atoms with Crippen LogP contribution < -0.4 is 15.0 Å². The number of nitro benzene ring substituents is 1. The molecule has 0 spiro atoms. The summed E-state index contributed by atoms with van der Waals surface area (Å²) in [6.07, 6.45) is 0. The van der Waals surface area contributed by atoms with Gasteiger partial charge in [0.1, 0.15) is 10.4 Å². The lowest BCUT2D eigenvalue weighted by atomic mass is 10.2. The Kier molecular flexibility index (Phi) is 5.76. The third kappa shape index (κ3) is 4.71. The minimum Gasteiger partial charge on any atom is -0.437 e. The lowest BCUT2D eigenvalue weighted by molar-refractivity contribution is -0.384. The molecule has 0 amide bonds. The number of benzene rings is 2. The fraction of sp³-hybridized carbons (Fsp3) is 0.217. The second-order valence-corrected chi connectivity index (χ2v) is 8.72. The van der Waals surface area contributed by atoms with E-state index in [0.29, 0.717) is 17.6 Å². The first-order valence-electron chi connectivity index (χ1n) is 10.5. The average Bonchev–Trinajstić information content (AvgIpc) is 3.29. The van der Waals surface area contributed by atoms with Gasteiger partial charge >= 0.3 is 0 Å². The Balaban J connectivity index is 1.37. The van der Waals surface area contributed by atoms with Crippen molar-refractivity contribution in [2.75, 3.05) is 43.4 Å². The molecule has 3 heterocycles. The zero-order chi connectivity index (χ0) is 22.8. The molecule has 33 heavy (non-hydrogen) atoms. The minimum atomic E-state index is -0.452. The Morgan fingerprint density at radius 2 is 1.85 bits per heavy atom. The fourth-order valence-electron chi connectivity index (χ4n) is 3.68. The number of hydrogen-bond donors (Lipinski definition) is 1. The Morgan fingerprint density at radius 3 is 2.61 bits per heavy atom. The maximum Gasteiger partial charge on any atom is 0.273 e. The van der Waals surface area contributed by atoms with Crippen LogP contribution in [0, 0.1) is 10.1 Å². The van der Waals surface area contributed by atoms with Gasteiger partial charge in [-0.05, 0) is 48.8 Å². The molecule has 0 aliphatic carbocycles. The van der Waals surface area contributed by atoms with E-state index in [2.05, 4.69) is 44.3 Å². The predicted octanol–water partition coefficient (Wildman–Crippen LogP) is 4.89. The van der Waals surface area contributed by atoms with Crippen LogP contribution in [0.1, 0.15) is 0 Å². The quantitative estimate of drug-likeness (QED) is 0.320. The van der Waals surface area contributed by atoms with Crippen molar-refractivity contribution in [3.8, 4) is 11.6 Å². The van der Waals surface area contributed by atoms with Gasteiger partial charge in [-0.2, -0.15) is 4.98 Å². The molecule has 168 valence electrons. The number of thiophene rings is 1. The topological polar surface area (TPSA) is 96.7 Å².